The van der Waals surface area contributed by atoms with Crippen molar-refractivity contribution in [3.63, 3.8) is 0 Å². The van der Waals surface area contributed by atoms with Gasteiger partial charge < -0.3 is 19.3 Å². The van der Waals surface area contributed by atoms with E-state index in [2.05, 4.69) is 21.7 Å². The van der Waals surface area contributed by atoms with E-state index in [4.69, 9.17) is 4.42 Å². The van der Waals surface area contributed by atoms with Gasteiger partial charge >= 0.3 is 0 Å². The smallest absolute Gasteiger partial charge is 0.275 e. The predicted molar refractivity (Wildman–Crippen MR) is 130 cm³/mol. The molecule has 2 aliphatic heterocycles. The van der Waals surface area contributed by atoms with Crippen molar-refractivity contribution < 1.29 is 19.1 Å². The summed E-state index contributed by atoms with van der Waals surface area (Å²) in [5.74, 6) is 0.395. The molecule has 34 heavy (non-hydrogen) atoms. The van der Waals surface area contributed by atoms with Crippen LogP contribution in [0.3, 0.4) is 0 Å². The van der Waals surface area contributed by atoms with Crippen molar-refractivity contribution in [2.75, 3.05) is 58.9 Å². The molecule has 2 amide bonds. The molecule has 9 nitrogen and oxygen atoms in total. The topological polar surface area (TPSA) is 93.4 Å². The van der Waals surface area contributed by atoms with E-state index >= 15 is 0 Å². The average molecular weight is 478 g/mol. The largest absolute Gasteiger partial charge is 0.447 e. The van der Waals surface area contributed by atoms with E-state index in [-0.39, 0.29) is 23.8 Å². The van der Waals surface area contributed by atoms with Crippen LogP contribution in [-0.2, 0) is 11.3 Å². The fourth-order valence-electron chi connectivity index (χ4n) is 4.95. The third-order valence-electron chi connectivity index (χ3n) is 7.09. The first-order valence-electron chi connectivity index (χ1n) is 13.1. The van der Waals surface area contributed by atoms with E-state index < -0.39 is 0 Å². The van der Waals surface area contributed by atoms with Gasteiger partial charge in [0.2, 0.25) is 11.8 Å². The highest BCUT2D eigenvalue weighted by Gasteiger charge is 2.32. The van der Waals surface area contributed by atoms with Crippen LogP contribution in [0, 0.1) is 5.92 Å². The molecule has 3 heterocycles. The number of carbonyl (C=O) groups is 2. The molecule has 0 aliphatic carbocycles. The van der Waals surface area contributed by atoms with E-state index in [1.807, 2.05) is 18.7 Å². The van der Waals surface area contributed by atoms with Gasteiger partial charge in [-0.1, -0.05) is 19.8 Å². The Bertz CT molecular complexity index is 773. The first-order chi connectivity index (χ1) is 16.4. The Morgan fingerprint density at radius 3 is 2.53 bits per heavy atom. The zero-order valence-corrected chi connectivity index (χ0v) is 21.2. The normalized spacial score (nSPS) is 20.9. The van der Waals surface area contributed by atoms with Crippen LogP contribution in [0.5, 0.6) is 0 Å². The van der Waals surface area contributed by atoms with Gasteiger partial charge in [-0.25, -0.2) is 4.98 Å². The number of β-amino-alcohol motifs (C(OH)–C–C–N with tert-alkyl or cyclic N) is 1. The summed E-state index contributed by atoms with van der Waals surface area (Å²) in [7, 11) is 0. The Morgan fingerprint density at radius 2 is 1.85 bits per heavy atom. The molecule has 2 atom stereocenters. The number of nitrogens with zero attached hydrogens (tertiary/aromatic N) is 5. The van der Waals surface area contributed by atoms with Gasteiger partial charge in [-0.05, 0) is 33.1 Å². The zero-order chi connectivity index (χ0) is 24.5. The minimum atomic E-state index is -0.247. The number of piperazine rings is 1. The van der Waals surface area contributed by atoms with Crippen molar-refractivity contribution in [3.05, 3.63) is 17.8 Å². The van der Waals surface area contributed by atoms with E-state index in [0.717, 1.165) is 64.8 Å². The van der Waals surface area contributed by atoms with Crippen LogP contribution in [0.25, 0.3) is 0 Å². The number of oxazole rings is 1. The summed E-state index contributed by atoms with van der Waals surface area (Å²) in [6.07, 6.45) is 5.90. The van der Waals surface area contributed by atoms with Gasteiger partial charge in [-0.2, -0.15) is 0 Å². The molecule has 2 aliphatic rings. The van der Waals surface area contributed by atoms with E-state index in [1.54, 1.807) is 4.90 Å². The molecule has 0 saturated carbocycles. The minimum absolute atomic E-state index is 0.138. The third-order valence-corrected chi connectivity index (χ3v) is 7.09. The van der Waals surface area contributed by atoms with E-state index in [9.17, 15) is 14.7 Å². The first-order valence-corrected chi connectivity index (χ1v) is 13.1. The number of aliphatic hydroxyl groups excluding tert-OH is 1. The molecule has 3 rings (SSSR count). The fraction of sp³-hybridized carbons (Fsp3) is 0.800. The molecule has 1 N–H and O–H groups in total. The van der Waals surface area contributed by atoms with Crippen LogP contribution in [0.1, 0.15) is 69.3 Å². The number of carbonyl (C=O) groups excluding carboxylic acids is 2. The summed E-state index contributed by atoms with van der Waals surface area (Å²) < 4.78 is 5.63. The Balaban J connectivity index is 1.47. The Labute approximate surface area is 204 Å². The van der Waals surface area contributed by atoms with Crippen LogP contribution in [-0.4, -0.2) is 107 Å². The highest BCUT2D eigenvalue weighted by atomic mass is 16.3. The highest BCUT2D eigenvalue weighted by Crippen LogP contribution is 2.21. The average Bonchev–Trinajstić information content (AvgIpc) is 3.32. The molecule has 0 aromatic carbocycles. The van der Waals surface area contributed by atoms with Gasteiger partial charge in [-0.3, -0.25) is 19.4 Å². The summed E-state index contributed by atoms with van der Waals surface area (Å²) >= 11 is 0. The molecule has 1 aromatic rings. The lowest BCUT2D eigenvalue weighted by molar-refractivity contribution is -0.136. The van der Waals surface area contributed by atoms with Crippen LogP contribution < -0.4 is 0 Å². The summed E-state index contributed by atoms with van der Waals surface area (Å²) in [5, 5.41) is 10.2. The number of hydrogen-bond acceptors (Lipinski definition) is 7. The molecule has 192 valence electrons. The summed E-state index contributed by atoms with van der Waals surface area (Å²) in [5.41, 5.74) is 0.323. The highest BCUT2D eigenvalue weighted by molar-refractivity contribution is 5.92. The molecule has 9 heteroatoms. The lowest BCUT2D eigenvalue weighted by Crippen LogP contribution is -2.48. The Kier molecular flexibility index (Phi) is 10.3. The number of amides is 2. The fourth-order valence-corrected chi connectivity index (χ4v) is 4.95. The molecular weight excluding hydrogens is 434 g/mol. The van der Waals surface area contributed by atoms with Crippen molar-refractivity contribution >= 4 is 11.8 Å². The van der Waals surface area contributed by atoms with Crippen LogP contribution in [0.4, 0.5) is 0 Å². The molecule has 1 aromatic heterocycles. The maximum Gasteiger partial charge on any atom is 0.275 e. The van der Waals surface area contributed by atoms with Crippen molar-refractivity contribution in [1.82, 2.24) is 24.6 Å². The monoisotopic (exact) mass is 477 g/mol. The molecule has 2 fully saturated rings. The molecule has 0 spiro atoms. The van der Waals surface area contributed by atoms with Gasteiger partial charge in [0.25, 0.3) is 5.91 Å². The molecule has 0 unspecified atom stereocenters. The van der Waals surface area contributed by atoms with Crippen LogP contribution >= 0.6 is 0 Å². The van der Waals surface area contributed by atoms with Crippen molar-refractivity contribution in [2.45, 2.75) is 65.5 Å². The maximum atomic E-state index is 13.0. The predicted octanol–water partition coefficient (Wildman–Crippen LogP) is 2.06. The number of aromatic nitrogens is 1. The van der Waals surface area contributed by atoms with Crippen molar-refractivity contribution in [3.8, 4) is 0 Å². The van der Waals surface area contributed by atoms with E-state index in [1.165, 1.54) is 6.26 Å². The second-order valence-electron chi connectivity index (χ2n) is 9.60. The number of aliphatic hydroxyl groups is 1. The maximum absolute atomic E-state index is 13.0. The minimum Gasteiger partial charge on any atom is -0.447 e. The molecule has 2 saturated heterocycles. The molecular formula is C25H43N5O4. The van der Waals surface area contributed by atoms with Crippen molar-refractivity contribution in [1.29, 1.82) is 0 Å². The quantitative estimate of drug-likeness (QED) is 0.521. The third kappa shape index (κ3) is 7.26. The van der Waals surface area contributed by atoms with Gasteiger partial charge in [0.1, 0.15) is 6.26 Å². The Morgan fingerprint density at radius 1 is 1.15 bits per heavy atom. The molecule has 0 radical (unpaired) electrons. The second-order valence-corrected chi connectivity index (χ2v) is 9.60. The lowest BCUT2D eigenvalue weighted by atomic mass is 9.96. The first kappa shape index (κ1) is 26.6. The van der Waals surface area contributed by atoms with Crippen molar-refractivity contribution in [2.24, 2.45) is 5.92 Å². The van der Waals surface area contributed by atoms with Gasteiger partial charge in [0, 0.05) is 58.9 Å². The zero-order valence-electron chi connectivity index (χ0n) is 21.2. The van der Waals surface area contributed by atoms with Crippen LogP contribution in [0.15, 0.2) is 10.7 Å². The summed E-state index contributed by atoms with van der Waals surface area (Å²) in [6.45, 7) is 13.5. The SMILES string of the molecule is CCCC[C@H](O)CN1CCN(Cc2nc(C(=O)N3CCC[C@H](C(=O)N(CC)CC)C3)co2)CC1. The summed E-state index contributed by atoms with van der Waals surface area (Å²) in [4.78, 5) is 38.4. The number of rotatable bonds is 11. The lowest BCUT2D eigenvalue weighted by Gasteiger charge is -2.35. The second kappa shape index (κ2) is 13.2. The Hall–Kier alpha value is -1.97. The number of hydrogen-bond donors (Lipinski definition) is 1. The standard InChI is InChI=1S/C25H43N5O4/c1-4-7-10-21(31)17-27-12-14-28(15-13-27)18-23-26-22(19-34-23)25(33)30-11-8-9-20(16-30)24(32)29(5-2)6-3/h19-21,31H,4-18H2,1-3H3/t20-,21-/m0/s1. The van der Waals surface area contributed by atoms with Gasteiger partial charge in [0.15, 0.2) is 5.69 Å². The van der Waals surface area contributed by atoms with Gasteiger partial charge in [-0.15, -0.1) is 0 Å². The molecule has 0 bridgehead atoms. The number of likely N-dealkylation sites (tertiary alicyclic amines) is 1. The number of unbranched alkanes of at least 4 members (excludes halogenated alkanes) is 1. The summed E-state index contributed by atoms with van der Waals surface area (Å²) in [6, 6.07) is 0. The van der Waals surface area contributed by atoms with Gasteiger partial charge in [0.05, 0.1) is 18.6 Å². The van der Waals surface area contributed by atoms with Crippen LogP contribution in [0.2, 0.25) is 0 Å². The number of piperidine rings is 1. The van der Waals surface area contributed by atoms with E-state index in [0.29, 0.717) is 44.3 Å².